The average molecular weight is 653 g/mol. The van der Waals surface area contributed by atoms with Gasteiger partial charge in [-0.2, -0.15) is 0 Å². The Morgan fingerprint density at radius 1 is 0.451 bits per heavy atom. The van der Waals surface area contributed by atoms with Crippen LogP contribution in [0.3, 0.4) is 0 Å². The fourth-order valence-corrected chi connectivity index (χ4v) is 8.15. The fraction of sp³-hybridized carbons (Fsp3) is 0.0417. The van der Waals surface area contributed by atoms with Gasteiger partial charge in [-0.05, 0) is 70.1 Å². The molecule has 7 aromatic carbocycles. The van der Waals surface area contributed by atoms with Crippen LogP contribution < -0.4 is 0 Å². The van der Waals surface area contributed by atoms with E-state index >= 15 is 0 Å². The minimum atomic E-state index is -0.259. The van der Waals surface area contributed by atoms with Gasteiger partial charge in [0.15, 0.2) is 5.82 Å². The maximum Gasteiger partial charge on any atom is 0.160 e. The predicted molar refractivity (Wildman–Crippen MR) is 208 cm³/mol. The van der Waals surface area contributed by atoms with E-state index in [4.69, 9.17) is 14.4 Å². The van der Waals surface area contributed by atoms with Crippen molar-refractivity contribution in [1.29, 1.82) is 0 Å². The van der Waals surface area contributed by atoms with Crippen LogP contribution in [0.1, 0.15) is 23.6 Å². The molecule has 9 aromatic rings. The molecular weight excluding hydrogens is 621 g/mol. The number of benzene rings is 7. The molecule has 51 heavy (non-hydrogen) atoms. The summed E-state index contributed by atoms with van der Waals surface area (Å²) in [5, 5.41) is 2.14. The van der Waals surface area contributed by atoms with E-state index in [9.17, 15) is 0 Å². The van der Waals surface area contributed by atoms with Crippen LogP contribution in [0, 0.1) is 0 Å². The van der Waals surface area contributed by atoms with Gasteiger partial charge in [0.25, 0.3) is 0 Å². The summed E-state index contributed by atoms with van der Waals surface area (Å²) < 4.78 is 6.27. The number of furan rings is 1. The Hall–Kier alpha value is -6.58. The molecular formula is C48H32N2O. The van der Waals surface area contributed by atoms with E-state index in [0.29, 0.717) is 5.82 Å². The number of rotatable bonds is 5. The van der Waals surface area contributed by atoms with Crippen molar-refractivity contribution in [2.75, 3.05) is 0 Å². The number of hydrogen-bond acceptors (Lipinski definition) is 3. The molecule has 1 aliphatic rings. The van der Waals surface area contributed by atoms with Crippen LogP contribution in [0.2, 0.25) is 0 Å². The molecule has 0 saturated heterocycles. The smallest absolute Gasteiger partial charge is 0.160 e. The Bertz CT molecular complexity index is 2760. The Morgan fingerprint density at radius 3 is 1.94 bits per heavy atom. The van der Waals surface area contributed by atoms with E-state index in [0.717, 1.165) is 55.6 Å². The first kappa shape index (κ1) is 29.3. The van der Waals surface area contributed by atoms with Crippen molar-refractivity contribution >= 4 is 21.9 Å². The maximum absolute atomic E-state index is 6.27. The van der Waals surface area contributed by atoms with Crippen LogP contribution in [0.15, 0.2) is 180 Å². The van der Waals surface area contributed by atoms with Gasteiger partial charge in [0.2, 0.25) is 0 Å². The normalized spacial score (nSPS) is 14.8. The van der Waals surface area contributed by atoms with Gasteiger partial charge in [0.1, 0.15) is 11.2 Å². The number of hydrogen-bond donors (Lipinski definition) is 0. The molecule has 0 spiro atoms. The van der Waals surface area contributed by atoms with Crippen LogP contribution in [0.4, 0.5) is 0 Å². The number of para-hydroxylation sites is 1. The second kappa shape index (κ2) is 11.5. The first-order valence-corrected chi connectivity index (χ1v) is 17.4. The monoisotopic (exact) mass is 652 g/mol. The predicted octanol–water partition coefficient (Wildman–Crippen LogP) is 12.4. The molecule has 0 N–H and O–H groups in total. The average Bonchev–Trinajstić information content (AvgIpc) is 3.72. The summed E-state index contributed by atoms with van der Waals surface area (Å²) in [6.45, 7) is 2.37. The molecule has 0 radical (unpaired) electrons. The van der Waals surface area contributed by atoms with E-state index in [1.165, 1.54) is 33.4 Å². The van der Waals surface area contributed by atoms with Crippen molar-refractivity contribution in [1.82, 2.24) is 9.97 Å². The van der Waals surface area contributed by atoms with Gasteiger partial charge in [-0.25, -0.2) is 9.97 Å². The molecule has 1 atom stereocenters. The zero-order valence-electron chi connectivity index (χ0n) is 28.0. The SMILES string of the molecule is CC1(c2ccccc2)c2ccccc2-c2c(-c3cccc(-c4cc(-c5cccc6oc7ccccc7c56)nc(-c5ccccc5)n4)c3)cccc21. The van der Waals surface area contributed by atoms with Crippen LogP contribution in [0.25, 0.3) is 78.1 Å². The van der Waals surface area contributed by atoms with E-state index in [2.05, 4.69) is 140 Å². The summed E-state index contributed by atoms with van der Waals surface area (Å²) >= 11 is 0. The van der Waals surface area contributed by atoms with Gasteiger partial charge in [-0.15, -0.1) is 0 Å². The van der Waals surface area contributed by atoms with E-state index in [1.807, 2.05) is 42.5 Å². The van der Waals surface area contributed by atoms with Crippen molar-refractivity contribution in [2.45, 2.75) is 12.3 Å². The molecule has 3 heteroatoms. The fourth-order valence-electron chi connectivity index (χ4n) is 8.15. The highest BCUT2D eigenvalue weighted by molar-refractivity contribution is 6.12. The Morgan fingerprint density at radius 2 is 1.06 bits per heavy atom. The summed E-state index contributed by atoms with van der Waals surface area (Å²) in [5.74, 6) is 0.687. The van der Waals surface area contributed by atoms with E-state index in [-0.39, 0.29) is 5.41 Å². The molecule has 2 aromatic heterocycles. The highest BCUT2D eigenvalue weighted by Crippen LogP contribution is 2.55. The van der Waals surface area contributed by atoms with Crippen LogP contribution in [0.5, 0.6) is 0 Å². The van der Waals surface area contributed by atoms with Gasteiger partial charge in [-0.3, -0.25) is 0 Å². The van der Waals surface area contributed by atoms with Crippen molar-refractivity contribution in [2.24, 2.45) is 0 Å². The van der Waals surface area contributed by atoms with Crippen LogP contribution >= 0.6 is 0 Å². The third-order valence-electron chi connectivity index (χ3n) is 10.6. The van der Waals surface area contributed by atoms with E-state index in [1.54, 1.807) is 0 Å². The van der Waals surface area contributed by atoms with E-state index < -0.39 is 0 Å². The van der Waals surface area contributed by atoms with Crippen molar-refractivity contribution in [3.8, 4) is 56.2 Å². The molecule has 0 bridgehead atoms. The first-order chi connectivity index (χ1) is 25.2. The van der Waals surface area contributed by atoms with Gasteiger partial charge >= 0.3 is 0 Å². The standard InChI is InChI=1S/C48H32N2O/c1-48(34-19-6-3-7-20-34)39-25-10-8-21-36(39)45-35(23-13-26-40(45)48)32-17-12-18-33(29-32)41-30-42(50-47(49-41)31-15-4-2-5-16-31)37-24-14-28-44-46(37)38-22-9-11-27-43(38)51-44/h2-30H,1H3. The Balaban J connectivity index is 1.17. The van der Waals surface area contributed by atoms with Gasteiger partial charge in [0, 0.05) is 32.9 Å². The zero-order valence-corrected chi connectivity index (χ0v) is 28.0. The first-order valence-electron chi connectivity index (χ1n) is 17.4. The zero-order chi connectivity index (χ0) is 33.9. The lowest BCUT2D eigenvalue weighted by molar-refractivity contribution is 0.669. The van der Waals surface area contributed by atoms with Crippen molar-refractivity contribution in [3.05, 3.63) is 193 Å². The molecule has 1 unspecified atom stereocenters. The highest BCUT2D eigenvalue weighted by atomic mass is 16.3. The third-order valence-corrected chi connectivity index (χ3v) is 10.6. The molecule has 1 aliphatic carbocycles. The third kappa shape index (κ3) is 4.59. The summed E-state index contributed by atoms with van der Waals surface area (Å²) in [7, 11) is 0. The molecule has 0 amide bonds. The lowest BCUT2D eigenvalue weighted by Crippen LogP contribution is -2.22. The highest BCUT2D eigenvalue weighted by Gasteiger charge is 2.41. The van der Waals surface area contributed by atoms with Crippen LogP contribution in [-0.2, 0) is 5.41 Å². The summed E-state index contributed by atoms with van der Waals surface area (Å²) in [4.78, 5) is 10.4. The molecule has 0 saturated carbocycles. The summed E-state index contributed by atoms with van der Waals surface area (Å²) in [6.07, 6.45) is 0. The summed E-state index contributed by atoms with van der Waals surface area (Å²) in [6, 6.07) is 62.1. The second-order valence-electron chi connectivity index (χ2n) is 13.5. The lowest BCUT2D eigenvalue weighted by Gasteiger charge is -2.28. The largest absolute Gasteiger partial charge is 0.456 e. The minimum absolute atomic E-state index is 0.259. The Kier molecular flexibility index (Phi) is 6.62. The maximum atomic E-state index is 6.27. The summed E-state index contributed by atoms with van der Waals surface area (Å²) in [5.41, 5.74) is 15.1. The quantitative estimate of drug-likeness (QED) is 0.186. The molecule has 2 heterocycles. The van der Waals surface area contributed by atoms with Gasteiger partial charge < -0.3 is 4.42 Å². The number of aromatic nitrogens is 2. The molecule has 0 fully saturated rings. The topological polar surface area (TPSA) is 38.9 Å². The van der Waals surface area contributed by atoms with Crippen molar-refractivity contribution in [3.63, 3.8) is 0 Å². The second-order valence-corrected chi connectivity index (χ2v) is 13.5. The van der Waals surface area contributed by atoms with Crippen molar-refractivity contribution < 1.29 is 4.42 Å². The Labute approximate surface area is 296 Å². The lowest BCUT2D eigenvalue weighted by atomic mass is 9.74. The molecule has 0 aliphatic heterocycles. The number of nitrogens with zero attached hydrogens (tertiary/aromatic N) is 2. The minimum Gasteiger partial charge on any atom is -0.456 e. The molecule has 3 nitrogen and oxygen atoms in total. The molecule has 240 valence electrons. The van der Waals surface area contributed by atoms with Gasteiger partial charge in [0.05, 0.1) is 11.4 Å². The van der Waals surface area contributed by atoms with Crippen LogP contribution in [-0.4, -0.2) is 9.97 Å². The van der Waals surface area contributed by atoms with Gasteiger partial charge in [-0.1, -0.05) is 152 Å². The number of fused-ring (bicyclic) bond motifs is 6. The molecule has 10 rings (SSSR count).